The minimum Gasteiger partial charge on any atom is -0.508 e. The lowest BCUT2D eigenvalue weighted by molar-refractivity contribution is -0.172. The molecule has 2 aromatic rings. The summed E-state index contributed by atoms with van der Waals surface area (Å²) in [6, 6.07) is 5.02. The van der Waals surface area contributed by atoms with E-state index in [-0.39, 0.29) is 29.5 Å². The van der Waals surface area contributed by atoms with Crippen LogP contribution in [0.1, 0.15) is 36.8 Å². The van der Waals surface area contributed by atoms with E-state index in [9.17, 15) is 20.1 Å². The average Bonchev–Trinajstić information content (AvgIpc) is 3.42. The number of aliphatic hydroxyl groups is 2. The number of aromatic nitrogens is 2. The summed E-state index contributed by atoms with van der Waals surface area (Å²) >= 11 is 0. The van der Waals surface area contributed by atoms with E-state index in [2.05, 4.69) is 15.3 Å². The SMILES string of the molecule is Cn1nccc1NC(=O)C1=C(O)[C@@H]2Oc3c(O)ccc4c3[C@@]23CCN(CC2CC2)[C@H](C4)[C@]3(O)C1. The standard InChI is InChI=1S/C25H28N4O5/c1-28-18(6-8-26-28)27-23(32)15-11-25(33)17-10-14-4-5-16(30)21-19(14)24(25,22(34-21)20(15)31)7-9-29(17)12-13-2-3-13/h4-6,8,13,17,22,30-31,33H,2-3,7,9-12H2,1H3,(H,27,32)/t17-,22+,24+,25-/m1/s1. The number of aliphatic hydroxyl groups excluding tert-OH is 1. The molecule has 3 heterocycles. The van der Waals surface area contributed by atoms with Crippen LogP contribution in [0.25, 0.3) is 0 Å². The maximum Gasteiger partial charge on any atom is 0.256 e. The van der Waals surface area contributed by atoms with Gasteiger partial charge in [0.1, 0.15) is 11.6 Å². The molecule has 1 aromatic carbocycles. The van der Waals surface area contributed by atoms with Crippen LogP contribution < -0.4 is 10.1 Å². The number of hydrogen-bond donors (Lipinski definition) is 4. The number of carbonyl (C=O) groups excluding carboxylic acids is 1. The molecule has 1 saturated carbocycles. The number of nitrogens with one attached hydrogen (secondary N) is 1. The first kappa shape index (κ1) is 20.3. The van der Waals surface area contributed by atoms with Crippen molar-refractivity contribution in [1.29, 1.82) is 0 Å². The first-order valence-corrected chi connectivity index (χ1v) is 12.0. The van der Waals surface area contributed by atoms with Gasteiger partial charge in [-0.1, -0.05) is 6.07 Å². The van der Waals surface area contributed by atoms with Gasteiger partial charge in [-0.25, -0.2) is 0 Å². The number of hydrogen-bond acceptors (Lipinski definition) is 7. The number of amides is 1. The predicted octanol–water partition coefficient (Wildman–Crippen LogP) is 1.75. The molecule has 2 bridgehead atoms. The Labute approximate surface area is 196 Å². The average molecular weight is 465 g/mol. The molecule has 2 fully saturated rings. The second kappa shape index (κ2) is 6.55. The fraction of sp³-hybridized carbons (Fsp3) is 0.520. The van der Waals surface area contributed by atoms with Gasteiger partial charge in [0.25, 0.3) is 5.91 Å². The minimum atomic E-state index is -1.32. The molecule has 2 aliphatic heterocycles. The summed E-state index contributed by atoms with van der Waals surface area (Å²) in [7, 11) is 1.72. The maximum absolute atomic E-state index is 13.4. The highest BCUT2D eigenvalue weighted by molar-refractivity contribution is 6.04. The number of likely N-dealkylation sites (tertiary alicyclic amines) is 1. The zero-order valence-corrected chi connectivity index (χ0v) is 19.0. The van der Waals surface area contributed by atoms with Crippen LogP contribution in [0.15, 0.2) is 35.7 Å². The number of aromatic hydroxyl groups is 1. The van der Waals surface area contributed by atoms with Crippen molar-refractivity contribution in [3.8, 4) is 11.5 Å². The van der Waals surface area contributed by atoms with E-state index in [4.69, 9.17) is 4.74 Å². The number of ether oxygens (including phenoxy) is 1. The quantitative estimate of drug-likeness (QED) is 0.544. The highest BCUT2D eigenvalue weighted by atomic mass is 16.5. The number of phenolic OH excluding ortho intramolecular Hbond substituents is 1. The zero-order chi connectivity index (χ0) is 23.4. The van der Waals surface area contributed by atoms with Gasteiger partial charge in [-0.3, -0.25) is 14.4 Å². The van der Waals surface area contributed by atoms with Crippen molar-refractivity contribution < 1.29 is 24.9 Å². The minimum absolute atomic E-state index is 0.00239. The van der Waals surface area contributed by atoms with Crippen molar-refractivity contribution in [1.82, 2.24) is 14.7 Å². The highest BCUT2D eigenvalue weighted by Crippen LogP contribution is 2.66. The zero-order valence-electron chi connectivity index (χ0n) is 19.0. The smallest absolute Gasteiger partial charge is 0.256 e. The fourth-order valence-electron chi connectivity index (χ4n) is 7.06. The van der Waals surface area contributed by atoms with Crippen LogP contribution in [0.5, 0.6) is 11.5 Å². The van der Waals surface area contributed by atoms with E-state index >= 15 is 0 Å². The van der Waals surface area contributed by atoms with Crippen molar-refractivity contribution >= 4 is 11.7 Å². The van der Waals surface area contributed by atoms with Gasteiger partial charge in [0.05, 0.1) is 22.8 Å². The summed E-state index contributed by atoms with van der Waals surface area (Å²) in [5, 5.41) is 41.5. The second-order valence-corrected chi connectivity index (χ2v) is 10.6. The summed E-state index contributed by atoms with van der Waals surface area (Å²) < 4.78 is 7.76. The Hall–Kier alpha value is -3.04. The van der Waals surface area contributed by atoms with Crippen LogP contribution in [-0.4, -0.2) is 66.7 Å². The molecule has 1 spiro atoms. The Kier molecular flexibility index (Phi) is 3.92. The summed E-state index contributed by atoms with van der Waals surface area (Å²) in [5.41, 5.74) is -0.249. The second-order valence-electron chi connectivity index (χ2n) is 10.6. The molecule has 1 saturated heterocycles. The molecule has 0 radical (unpaired) electrons. The molecule has 3 aliphatic carbocycles. The number of piperidine rings is 1. The van der Waals surface area contributed by atoms with Crippen molar-refractivity contribution in [2.45, 2.75) is 55.3 Å². The molecular weight excluding hydrogens is 436 g/mol. The number of carbonyl (C=O) groups is 1. The van der Waals surface area contributed by atoms with Gasteiger partial charge in [-0.15, -0.1) is 0 Å². The van der Waals surface area contributed by atoms with E-state index in [1.54, 1.807) is 25.4 Å². The van der Waals surface area contributed by atoms with Gasteiger partial charge in [-0.05, 0) is 49.8 Å². The normalized spacial score (nSPS) is 33.5. The lowest BCUT2D eigenvalue weighted by Gasteiger charge is -2.62. The molecule has 7 rings (SSSR count). The van der Waals surface area contributed by atoms with Crippen molar-refractivity contribution in [2.75, 3.05) is 18.4 Å². The summed E-state index contributed by atoms with van der Waals surface area (Å²) in [6.45, 7) is 1.71. The van der Waals surface area contributed by atoms with Crippen molar-refractivity contribution in [2.24, 2.45) is 13.0 Å². The fourth-order valence-corrected chi connectivity index (χ4v) is 7.06. The Morgan fingerprint density at radius 2 is 2.12 bits per heavy atom. The highest BCUT2D eigenvalue weighted by Gasteiger charge is 2.73. The number of nitrogens with zero attached hydrogens (tertiary/aromatic N) is 3. The molecule has 9 heteroatoms. The van der Waals surface area contributed by atoms with E-state index in [1.807, 2.05) is 6.07 Å². The Morgan fingerprint density at radius 1 is 1.29 bits per heavy atom. The Balaban J connectivity index is 1.38. The number of aryl methyl sites for hydroxylation is 1. The third-order valence-electron chi connectivity index (χ3n) is 8.85. The first-order chi connectivity index (χ1) is 16.3. The van der Waals surface area contributed by atoms with Crippen molar-refractivity contribution in [3.63, 3.8) is 0 Å². The molecule has 4 atom stereocenters. The number of rotatable bonds is 4. The predicted molar refractivity (Wildman–Crippen MR) is 122 cm³/mol. The van der Waals surface area contributed by atoms with Gasteiger partial charge in [0, 0.05) is 37.7 Å². The molecular formula is C25H28N4O5. The Bertz CT molecular complexity index is 1270. The molecule has 1 amide bonds. The maximum atomic E-state index is 13.4. The lowest BCUT2D eigenvalue weighted by Crippen LogP contribution is -2.75. The van der Waals surface area contributed by atoms with Crippen LogP contribution >= 0.6 is 0 Å². The summed E-state index contributed by atoms with van der Waals surface area (Å²) in [5.74, 6) is 0.831. The van der Waals surface area contributed by atoms with Gasteiger partial charge < -0.3 is 25.4 Å². The van der Waals surface area contributed by atoms with Crippen molar-refractivity contribution in [3.05, 3.63) is 46.9 Å². The largest absolute Gasteiger partial charge is 0.508 e. The van der Waals surface area contributed by atoms with E-state index in [1.165, 1.54) is 17.5 Å². The third kappa shape index (κ3) is 2.41. The molecule has 9 nitrogen and oxygen atoms in total. The number of phenols is 1. The molecule has 4 N–H and O–H groups in total. The van der Waals surface area contributed by atoms with E-state index in [0.717, 1.165) is 24.2 Å². The monoisotopic (exact) mass is 464 g/mol. The molecule has 178 valence electrons. The van der Waals surface area contributed by atoms with E-state index < -0.39 is 23.0 Å². The van der Waals surface area contributed by atoms with Crippen LogP contribution in [0.3, 0.4) is 0 Å². The molecule has 1 aromatic heterocycles. The van der Waals surface area contributed by atoms with Gasteiger partial charge >= 0.3 is 0 Å². The number of anilines is 1. The summed E-state index contributed by atoms with van der Waals surface area (Å²) in [4.78, 5) is 15.7. The third-order valence-corrected chi connectivity index (χ3v) is 8.85. The molecule has 34 heavy (non-hydrogen) atoms. The molecule has 0 unspecified atom stereocenters. The van der Waals surface area contributed by atoms with Crippen LogP contribution in [0, 0.1) is 5.92 Å². The first-order valence-electron chi connectivity index (χ1n) is 12.0. The van der Waals surface area contributed by atoms with E-state index in [0.29, 0.717) is 30.3 Å². The number of benzene rings is 1. The Morgan fingerprint density at radius 3 is 2.85 bits per heavy atom. The van der Waals surface area contributed by atoms with Crippen LogP contribution in [-0.2, 0) is 23.7 Å². The summed E-state index contributed by atoms with van der Waals surface area (Å²) in [6.07, 6.45) is 4.30. The molecule has 5 aliphatic rings. The van der Waals surface area contributed by atoms with Gasteiger partial charge in [0.2, 0.25) is 0 Å². The van der Waals surface area contributed by atoms with Gasteiger partial charge in [0.15, 0.2) is 17.6 Å². The van der Waals surface area contributed by atoms with Crippen LogP contribution in [0.4, 0.5) is 5.82 Å². The van der Waals surface area contributed by atoms with Gasteiger partial charge in [-0.2, -0.15) is 5.10 Å². The lowest BCUT2D eigenvalue weighted by atomic mass is 9.49. The topological polar surface area (TPSA) is 120 Å². The van der Waals surface area contributed by atoms with Crippen LogP contribution in [0.2, 0.25) is 0 Å².